The van der Waals surface area contributed by atoms with Gasteiger partial charge < -0.3 is 0 Å². The van der Waals surface area contributed by atoms with Gasteiger partial charge in [0.1, 0.15) is 5.78 Å². The Morgan fingerprint density at radius 2 is 1.77 bits per heavy atom. The number of carbonyl (C=O) groups is 1. The lowest BCUT2D eigenvalue weighted by atomic mass is 9.44. The van der Waals surface area contributed by atoms with Crippen LogP contribution >= 0.6 is 0 Å². The lowest BCUT2D eigenvalue weighted by Crippen LogP contribution is -2.59. The molecule has 4 aliphatic carbocycles. The molecule has 0 saturated heterocycles. The summed E-state index contributed by atoms with van der Waals surface area (Å²) in [4.78, 5) is 12.3. The third kappa shape index (κ3) is 1.77. The Hall–Kier alpha value is -0.470. The molecule has 0 aromatic carbocycles. The first kappa shape index (κ1) is 15.1. The summed E-state index contributed by atoms with van der Waals surface area (Å²) in [6, 6.07) is 0. The fourth-order valence-electron chi connectivity index (χ4n) is 7.11. The van der Waals surface area contributed by atoms with E-state index in [1.54, 1.807) is 0 Å². The van der Waals surface area contributed by atoms with E-state index in [2.05, 4.69) is 13.8 Å². The lowest BCUT2D eigenvalue weighted by Gasteiger charge is -2.61. The van der Waals surface area contributed by atoms with Crippen molar-refractivity contribution in [2.24, 2.45) is 34.5 Å². The molecule has 0 aromatic rings. The van der Waals surface area contributed by atoms with Gasteiger partial charge in [-0.05, 0) is 55.3 Å². The molecule has 4 fully saturated rings. The summed E-state index contributed by atoms with van der Waals surface area (Å²) in [6.45, 7) is 4.22. The Morgan fingerprint density at radius 1 is 1.00 bits per heavy atom. The van der Waals surface area contributed by atoms with Crippen molar-refractivity contribution in [1.29, 1.82) is 0 Å². The second kappa shape index (κ2) is 4.54. The molecule has 0 bridgehead atoms. The Kier molecular flexibility index (Phi) is 3.11. The Morgan fingerprint density at radius 3 is 2.55 bits per heavy atom. The first-order valence-electron chi connectivity index (χ1n) is 9.20. The molecule has 4 aliphatic rings. The van der Waals surface area contributed by atoms with Crippen LogP contribution in [0.25, 0.3) is 0 Å². The number of hydrogen-bond donors (Lipinski definition) is 0. The van der Waals surface area contributed by atoms with Crippen molar-refractivity contribution in [3.05, 3.63) is 0 Å². The van der Waals surface area contributed by atoms with Gasteiger partial charge in [-0.2, -0.15) is 0 Å². The van der Waals surface area contributed by atoms with Crippen molar-refractivity contribution in [2.75, 3.05) is 0 Å². The molecule has 0 spiro atoms. The molecular weight excluding hydrogens is 282 g/mol. The average molecular weight is 310 g/mol. The van der Waals surface area contributed by atoms with Crippen molar-refractivity contribution in [3.8, 4) is 0 Å². The monoisotopic (exact) mass is 310 g/mol. The molecule has 0 radical (unpaired) electrons. The third-order valence-corrected chi connectivity index (χ3v) is 8.27. The topological polar surface area (TPSA) is 17.1 Å². The molecule has 124 valence electrons. The number of alkyl halides is 2. The first-order chi connectivity index (χ1) is 10.3. The third-order valence-electron chi connectivity index (χ3n) is 8.27. The maximum atomic E-state index is 15.0. The number of halogens is 2. The van der Waals surface area contributed by atoms with Crippen molar-refractivity contribution in [2.45, 2.75) is 77.6 Å². The smallest absolute Gasteiger partial charge is 0.251 e. The van der Waals surface area contributed by atoms with Crippen LogP contribution in [0.1, 0.15) is 71.6 Å². The van der Waals surface area contributed by atoms with E-state index >= 15 is 0 Å². The molecule has 6 atom stereocenters. The standard InChI is InChI=1S/C19H28F2O/c1-17-9-4-3-5-15(17)19(20,21)11-12-13-6-7-16(22)18(13,2)10-8-14(12)17/h12-15H,3-11H2,1-2H3/t12-,13+,14-,15+,17+,18+/m1/s1. The first-order valence-corrected chi connectivity index (χ1v) is 9.20. The average Bonchev–Trinajstić information content (AvgIpc) is 2.74. The number of Topliss-reactive ketones (excluding diaryl/α,β-unsaturated/α-hetero) is 1. The van der Waals surface area contributed by atoms with Gasteiger partial charge in [0.05, 0.1) is 0 Å². The van der Waals surface area contributed by atoms with Gasteiger partial charge in [-0.15, -0.1) is 0 Å². The van der Waals surface area contributed by atoms with Crippen LogP contribution in [-0.2, 0) is 4.79 Å². The van der Waals surface area contributed by atoms with Crippen LogP contribution in [0.5, 0.6) is 0 Å². The molecule has 0 N–H and O–H groups in total. The number of fused-ring (bicyclic) bond motifs is 5. The molecule has 4 rings (SSSR count). The summed E-state index contributed by atoms with van der Waals surface area (Å²) in [5.41, 5.74) is -0.493. The fraction of sp³-hybridized carbons (Fsp3) is 0.947. The predicted molar refractivity (Wildman–Crippen MR) is 81.7 cm³/mol. The van der Waals surface area contributed by atoms with E-state index in [-0.39, 0.29) is 29.1 Å². The molecule has 0 amide bonds. The molecule has 3 heteroatoms. The van der Waals surface area contributed by atoms with Gasteiger partial charge in [0.25, 0.3) is 5.92 Å². The summed E-state index contributed by atoms with van der Waals surface area (Å²) in [7, 11) is 0. The lowest BCUT2D eigenvalue weighted by molar-refractivity contribution is -0.222. The van der Waals surface area contributed by atoms with Crippen LogP contribution in [0.15, 0.2) is 0 Å². The van der Waals surface area contributed by atoms with Crippen LogP contribution < -0.4 is 0 Å². The van der Waals surface area contributed by atoms with E-state index < -0.39 is 11.8 Å². The Labute approximate surface area is 132 Å². The zero-order valence-corrected chi connectivity index (χ0v) is 13.8. The van der Waals surface area contributed by atoms with Crippen molar-refractivity contribution in [3.63, 3.8) is 0 Å². The van der Waals surface area contributed by atoms with E-state index in [4.69, 9.17) is 0 Å². The highest BCUT2D eigenvalue weighted by Crippen LogP contribution is 2.68. The second-order valence-electron chi connectivity index (χ2n) is 9.06. The van der Waals surface area contributed by atoms with Crippen molar-refractivity contribution < 1.29 is 13.6 Å². The van der Waals surface area contributed by atoms with Crippen LogP contribution in [0.2, 0.25) is 0 Å². The summed E-state index contributed by atoms with van der Waals surface area (Å²) in [5.74, 6) is -1.91. The maximum Gasteiger partial charge on any atom is 0.251 e. The molecular formula is C19H28F2O. The molecule has 1 nitrogen and oxygen atoms in total. The van der Waals surface area contributed by atoms with Gasteiger partial charge in [-0.1, -0.05) is 26.7 Å². The van der Waals surface area contributed by atoms with Crippen LogP contribution in [-0.4, -0.2) is 11.7 Å². The molecule has 22 heavy (non-hydrogen) atoms. The number of ketones is 1. The summed E-state index contributed by atoms with van der Waals surface area (Å²) in [5, 5.41) is 0. The molecule has 4 saturated carbocycles. The SMILES string of the molecule is C[C@@]12CCCC[C@@H]1C(F)(F)C[C@H]1[C@H]2CC[C@]2(C)C(=O)CC[C@@H]12. The zero-order chi connectivity index (χ0) is 15.8. The number of rotatable bonds is 0. The maximum absolute atomic E-state index is 15.0. The molecule has 0 aliphatic heterocycles. The van der Waals surface area contributed by atoms with E-state index in [0.717, 1.165) is 38.5 Å². The minimum atomic E-state index is -2.53. The van der Waals surface area contributed by atoms with Crippen LogP contribution in [0.3, 0.4) is 0 Å². The largest absolute Gasteiger partial charge is 0.299 e. The van der Waals surface area contributed by atoms with Gasteiger partial charge in [-0.25, -0.2) is 8.78 Å². The van der Waals surface area contributed by atoms with Crippen LogP contribution in [0, 0.1) is 34.5 Å². The predicted octanol–water partition coefficient (Wildman–Crippen LogP) is 5.23. The number of hydrogen-bond acceptors (Lipinski definition) is 1. The normalized spacial score (nSPS) is 53.5. The minimum Gasteiger partial charge on any atom is -0.299 e. The number of carbonyl (C=O) groups excluding carboxylic acids is 1. The quantitative estimate of drug-likeness (QED) is 0.598. The van der Waals surface area contributed by atoms with Crippen molar-refractivity contribution >= 4 is 5.78 Å². The second-order valence-corrected chi connectivity index (χ2v) is 9.06. The van der Waals surface area contributed by atoms with Crippen LogP contribution in [0.4, 0.5) is 8.78 Å². The zero-order valence-electron chi connectivity index (χ0n) is 13.8. The van der Waals surface area contributed by atoms with E-state index in [1.165, 1.54) is 0 Å². The summed E-state index contributed by atoms with van der Waals surface area (Å²) in [6.07, 6.45) is 7.19. The van der Waals surface area contributed by atoms with Gasteiger partial charge in [0, 0.05) is 24.2 Å². The van der Waals surface area contributed by atoms with E-state index in [9.17, 15) is 13.6 Å². The highest BCUT2D eigenvalue weighted by atomic mass is 19.3. The van der Waals surface area contributed by atoms with E-state index in [0.29, 0.717) is 24.5 Å². The van der Waals surface area contributed by atoms with Gasteiger partial charge in [0.2, 0.25) is 0 Å². The molecule has 0 unspecified atom stereocenters. The van der Waals surface area contributed by atoms with Gasteiger partial charge in [0.15, 0.2) is 0 Å². The Bertz CT molecular complexity index is 502. The summed E-state index contributed by atoms with van der Waals surface area (Å²) >= 11 is 0. The Balaban J connectivity index is 1.74. The summed E-state index contributed by atoms with van der Waals surface area (Å²) < 4.78 is 29.9. The van der Waals surface area contributed by atoms with E-state index in [1.807, 2.05) is 0 Å². The highest BCUT2D eigenvalue weighted by molar-refractivity contribution is 5.87. The molecule has 0 heterocycles. The molecule has 0 aromatic heterocycles. The highest BCUT2D eigenvalue weighted by Gasteiger charge is 2.66. The van der Waals surface area contributed by atoms with Gasteiger partial charge >= 0.3 is 0 Å². The van der Waals surface area contributed by atoms with Crippen molar-refractivity contribution in [1.82, 2.24) is 0 Å². The van der Waals surface area contributed by atoms with Gasteiger partial charge in [-0.3, -0.25) is 4.79 Å². The minimum absolute atomic E-state index is 0.0471. The fourth-order valence-corrected chi connectivity index (χ4v) is 7.11.